The predicted molar refractivity (Wildman–Crippen MR) is 132 cm³/mol. The van der Waals surface area contributed by atoms with Crippen molar-refractivity contribution in [2.24, 2.45) is 0 Å². The number of fused-ring (bicyclic) bond motifs is 3. The van der Waals surface area contributed by atoms with E-state index in [-0.39, 0.29) is 12.1 Å². The Hall–Kier alpha value is -3.79. The molecule has 5 rings (SSSR count). The molecule has 33 heavy (non-hydrogen) atoms. The van der Waals surface area contributed by atoms with Crippen LogP contribution in [0, 0.1) is 0 Å². The number of aromatic nitrogens is 1. The van der Waals surface area contributed by atoms with Crippen molar-refractivity contribution in [1.82, 2.24) is 14.8 Å². The summed E-state index contributed by atoms with van der Waals surface area (Å²) >= 11 is 0. The molecule has 3 aromatic carbocycles. The molecule has 0 radical (unpaired) electrons. The number of nitrogens with one attached hydrogen (secondary N) is 1. The monoisotopic (exact) mass is 435 g/mol. The summed E-state index contributed by atoms with van der Waals surface area (Å²) in [4.78, 5) is 15.6. The van der Waals surface area contributed by atoms with Crippen LogP contribution >= 0.6 is 0 Å². The number of benzene rings is 3. The van der Waals surface area contributed by atoms with Crippen molar-refractivity contribution in [2.45, 2.75) is 38.9 Å². The van der Waals surface area contributed by atoms with Crippen LogP contribution < -0.4 is 5.32 Å². The molecule has 4 heteroatoms. The van der Waals surface area contributed by atoms with Gasteiger partial charge in [0.1, 0.15) is 0 Å². The van der Waals surface area contributed by atoms with Gasteiger partial charge in [0.25, 0.3) is 0 Å². The van der Waals surface area contributed by atoms with Crippen LogP contribution in [0.25, 0.3) is 5.69 Å². The summed E-state index contributed by atoms with van der Waals surface area (Å²) in [6.45, 7) is 5.43. The second-order valence-electron chi connectivity index (χ2n) is 8.93. The van der Waals surface area contributed by atoms with Crippen LogP contribution in [-0.4, -0.2) is 15.5 Å². The number of para-hydroxylation sites is 1. The van der Waals surface area contributed by atoms with Crippen molar-refractivity contribution < 1.29 is 4.79 Å². The van der Waals surface area contributed by atoms with E-state index in [4.69, 9.17) is 0 Å². The Morgan fingerprint density at radius 3 is 2.39 bits per heavy atom. The van der Waals surface area contributed by atoms with E-state index in [1.54, 1.807) is 0 Å². The van der Waals surface area contributed by atoms with Crippen molar-refractivity contribution in [3.8, 4) is 5.69 Å². The molecule has 0 fully saturated rings. The number of amides is 2. The van der Waals surface area contributed by atoms with Crippen LogP contribution in [0.2, 0.25) is 0 Å². The third-order valence-corrected chi connectivity index (χ3v) is 6.43. The van der Waals surface area contributed by atoms with Crippen molar-refractivity contribution in [3.05, 3.63) is 125 Å². The number of nitrogens with zero attached hydrogens (tertiary/aromatic N) is 2. The van der Waals surface area contributed by atoms with E-state index in [1.807, 2.05) is 41.3 Å². The Bertz CT molecular complexity index is 1240. The number of urea groups is 1. The molecule has 1 aliphatic rings. The van der Waals surface area contributed by atoms with Crippen LogP contribution in [0.1, 0.15) is 53.8 Å². The zero-order valence-electron chi connectivity index (χ0n) is 19.1. The fraction of sp³-hybridized carbons (Fsp3) is 0.207. The lowest BCUT2D eigenvalue weighted by Gasteiger charge is -2.31. The van der Waals surface area contributed by atoms with Gasteiger partial charge in [-0.25, -0.2) is 4.79 Å². The molecule has 0 saturated carbocycles. The molecular formula is C29H29N3O. The Morgan fingerprint density at radius 2 is 1.64 bits per heavy atom. The van der Waals surface area contributed by atoms with E-state index in [0.29, 0.717) is 19.0 Å². The Balaban J connectivity index is 1.56. The van der Waals surface area contributed by atoms with E-state index >= 15 is 0 Å². The quantitative estimate of drug-likeness (QED) is 0.395. The first-order valence-corrected chi connectivity index (χ1v) is 11.6. The topological polar surface area (TPSA) is 37.3 Å². The van der Waals surface area contributed by atoms with Crippen molar-refractivity contribution >= 4 is 6.03 Å². The van der Waals surface area contributed by atoms with Crippen LogP contribution in [0.5, 0.6) is 0 Å². The zero-order valence-corrected chi connectivity index (χ0v) is 19.1. The van der Waals surface area contributed by atoms with Gasteiger partial charge >= 0.3 is 6.03 Å². The smallest absolute Gasteiger partial charge is 0.318 e. The van der Waals surface area contributed by atoms with Gasteiger partial charge < -0.3 is 14.8 Å². The summed E-state index contributed by atoms with van der Waals surface area (Å²) in [5.41, 5.74) is 6.84. The molecule has 0 bridgehead atoms. The lowest BCUT2D eigenvalue weighted by molar-refractivity contribution is 0.180. The molecule has 0 saturated heterocycles. The number of hydrogen-bond acceptors (Lipinski definition) is 1. The number of hydrogen-bond donors (Lipinski definition) is 1. The SMILES string of the molecule is CC(C)c1ccc(C2c3cccn3-c3ccccc3CN2C(=O)NCc2ccccc2)cc1. The molecule has 4 nitrogen and oxygen atoms in total. The minimum Gasteiger partial charge on any atom is -0.334 e. The van der Waals surface area contributed by atoms with Gasteiger partial charge in [-0.05, 0) is 46.4 Å². The Labute approximate surface area is 195 Å². The maximum atomic E-state index is 13.6. The highest BCUT2D eigenvalue weighted by Crippen LogP contribution is 2.37. The molecule has 2 amide bonds. The van der Waals surface area contributed by atoms with E-state index in [9.17, 15) is 4.79 Å². The fourth-order valence-electron chi connectivity index (χ4n) is 4.63. The standard InChI is InChI=1S/C29H29N3O/c1-21(2)23-14-16-24(17-15-23)28-27-13-8-18-31(27)26-12-7-6-11-25(26)20-32(28)29(33)30-19-22-9-4-3-5-10-22/h3-18,21,28H,19-20H2,1-2H3,(H,30,33). The summed E-state index contributed by atoms with van der Waals surface area (Å²) < 4.78 is 2.22. The number of carbonyl (C=O) groups is 1. The minimum atomic E-state index is -0.190. The molecular weight excluding hydrogens is 406 g/mol. The van der Waals surface area contributed by atoms with Crippen molar-refractivity contribution in [1.29, 1.82) is 0 Å². The summed E-state index contributed by atoms with van der Waals surface area (Å²) in [5.74, 6) is 0.464. The van der Waals surface area contributed by atoms with Crippen molar-refractivity contribution in [3.63, 3.8) is 0 Å². The van der Waals surface area contributed by atoms with Gasteiger partial charge in [0.15, 0.2) is 0 Å². The van der Waals surface area contributed by atoms with Crippen LogP contribution in [0.15, 0.2) is 97.2 Å². The summed E-state index contributed by atoms with van der Waals surface area (Å²) in [6, 6.07) is 31.0. The van der Waals surface area contributed by atoms with Crippen LogP contribution in [-0.2, 0) is 13.1 Å². The first-order valence-electron chi connectivity index (χ1n) is 11.6. The summed E-state index contributed by atoms with van der Waals surface area (Å²) in [5, 5.41) is 3.16. The van der Waals surface area contributed by atoms with E-state index in [2.05, 4.69) is 84.5 Å². The maximum Gasteiger partial charge on any atom is 0.318 e. The van der Waals surface area contributed by atoms with Gasteiger partial charge in [-0.1, -0.05) is 86.6 Å². The number of rotatable bonds is 4. The average molecular weight is 436 g/mol. The third kappa shape index (κ3) is 4.17. The second-order valence-corrected chi connectivity index (χ2v) is 8.93. The van der Waals surface area contributed by atoms with Gasteiger partial charge in [0, 0.05) is 18.4 Å². The molecule has 1 aromatic heterocycles. The minimum absolute atomic E-state index is 0.0683. The molecule has 1 atom stereocenters. The lowest BCUT2D eigenvalue weighted by Crippen LogP contribution is -2.41. The highest BCUT2D eigenvalue weighted by atomic mass is 16.2. The summed E-state index contributed by atoms with van der Waals surface area (Å²) in [6.07, 6.45) is 2.09. The predicted octanol–water partition coefficient (Wildman–Crippen LogP) is 6.42. The largest absolute Gasteiger partial charge is 0.334 e. The first kappa shape index (κ1) is 21.1. The van der Waals surface area contributed by atoms with Gasteiger partial charge in [0.2, 0.25) is 0 Å². The molecule has 1 N–H and O–H groups in total. The normalized spacial score (nSPS) is 15.0. The maximum absolute atomic E-state index is 13.6. The number of carbonyl (C=O) groups excluding carboxylic acids is 1. The molecule has 166 valence electrons. The Morgan fingerprint density at radius 1 is 0.909 bits per heavy atom. The van der Waals surface area contributed by atoms with Crippen LogP contribution in [0.3, 0.4) is 0 Å². The highest BCUT2D eigenvalue weighted by Gasteiger charge is 2.32. The van der Waals surface area contributed by atoms with E-state index in [0.717, 1.165) is 28.1 Å². The molecule has 4 aromatic rings. The van der Waals surface area contributed by atoms with Gasteiger partial charge in [-0.3, -0.25) is 0 Å². The third-order valence-electron chi connectivity index (χ3n) is 6.43. The van der Waals surface area contributed by atoms with Gasteiger partial charge in [-0.2, -0.15) is 0 Å². The first-order chi connectivity index (χ1) is 16.1. The summed E-state index contributed by atoms with van der Waals surface area (Å²) in [7, 11) is 0. The highest BCUT2D eigenvalue weighted by molar-refractivity contribution is 5.76. The van der Waals surface area contributed by atoms with E-state index < -0.39 is 0 Å². The van der Waals surface area contributed by atoms with E-state index in [1.165, 1.54) is 5.56 Å². The zero-order chi connectivity index (χ0) is 22.8. The molecule has 2 heterocycles. The molecule has 1 aliphatic heterocycles. The Kier molecular flexibility index (Phi) is 5.74. The molecule has 1 unspecified atom stereocenters. The van der Waals surface area contributed by atoms with Crippen LogP contribution in [0.4, 0.5) is 4.79 Å². The van der Waals surface area contributed by atoms with Gasteiger partial charge in [-0.15, -0.1) is 0 Å². The average Bonchev–Trinajstić information content (AvgIpc) is 3.27. The second kappa shape index (κ2) is 8.99. The lowest BCUT2D eigenvalue weighted by atomic mass is 9.97. The van der Waals surface area contributed by atoms with Crippen molar-refractivity contribution in [2.75, 3.05) is 0 Å². The fourth-order valence-corrected chi connectivity index (χ4v) is 4.63. The van der Waals surface area contributed by atoms with Gasteiger partial charge in [0.05, 0.1) is 18.3 Å². The molecule has 0 spiro atoms. The molecule has 0 aliphatic carbocycles.